The van der Waals surface area contributed by atoms with Crippen LogP contribution < -0.4 is 4.74 Å². The van der Waals surface area contributed by atoms with E-state index in [1.165, 1.54) is 0 Å². The Hall–Kier alpha value is -2.97. The van der Waals surface area contributed by atoms with Crippen molar-refractivity contribution in [3.05, 3.63) is 65.2 Å². The van der Waals surface area contributed by atoms with Crippen molar-refractivity contribution in [2.75, 3.05) is 6.61 Å². The molecule has 0 N–H and O–H groups in total. The number of hydrogen-bond acceptors (Lipinski definition) is 2. The van der Waals surface area contributed by atoms with Gasteiger partial charge in [-0.25, -0.2) is 0 Å². The number of ether oxygens (including phenoxy) is 1. The largest absolute Gasteiger partial charge is 0.480 e. The summed E-state index contributed by atoms with van der Waals surface area (Å²) in [6, 6.07) is 17.6. The molecular formula is C19H15NO. The summed E-state index contributed by atoms with van der Waals surface area (Å²) in [5.74, 6) is 3.12. The molecule has 0 saturated heterocycles. The van der Waals surface area contributed by atoms with Crippen LogP contribution in [-0.2, 0) is 0 Å². The van der Waals surface area contributed by atoms with Gasteiger partial charge in [-0.15, -0.1) is 6.42 Å². The maximum absolute atomic E-state index is 9.39. The number of rotatable bonds is 4. The van der Waals surface area contributed by atoms with E-state index in [1.807, 2.05) is 61.5 Å². The quantitative estimate of drug-likeness (QED) is 0.478. The summed E-state index contributed by atoms with van der Waals surface area (Å²) in [5.41, 5.74) is 3.47. The zero-order chi connectivity index (χ0) is 15.1. The molecule has 0 radical (unpaired) electrons. The van der Waals surface area contributed by atoms with E-state index >= 15 is 0 Å². The van der Waals surface area contributed by atoms with Gasteiger partial charge in [-0.2, -0.15) is 5.26 Å². The van der Waals surface area contributed by atoms with Crippen LogP contribution in [0.4, 0.5) is 0 Å². The highest BCUT2D eigenvalue weighted by Crippen LogP contribution is 2.24. The molecule has 2 aromatic carbocycles. The van der Waals surface area contributed by atoms with Crippen LogP contribution in [0.3, 0.4) is 0 Å². The second kappa shape index (κ2) is 6.98. The Morgan fingerprint density at radius 1 is 1.19 bits per heavy atom. The van der Waals surface area contributed by atoms with Gasteiger partial charge in [0.15, 0.2) is 0 Å². The minimum absolute atomic E-state index is 0.206. The van der Waals surface area contributed by atoms with Crippen LogP contribution in [0, 0.1) is 30.6 Å². The summed E-state index contributed by atoms with van der Waals surface area (Å²) >= 11 is 0. The minimum Gasteiger partial charge on any atom is -0.480 e. The molecule has 0 amide bonds. The maximum atomic E-state index is 9.39. The van der Waals surface area contributed by atoms with Gasteiger partial charge in [-0.1, -0.05) is 53.9 Å². The molecule has 2 rings (SSSR count). The Balaban J connectivity index is 2.39. The second-order valence-corrected chi connectivity index (χ2v) is 4.57. The van der Waals surface area contributed by atoms with Crippen LogP contribution in [-0.4, -0.2) is 6.61 Å². The molecule has 0 fully saturated rings. The van der Waals surface area contributed by atoms with Gasteiger partial charge in [0.2, 0.25) is 0 Å². The van der Waals surface area contributed by atoms with Crippen molar-refractivity contribution in [1.29, 1.82) is 5.26 Å². The Kier molecular flexibility index (Phi) is 4.80. The topological polar surface area (TPSA) is 33.0 Å². The minimum atomic E-state index is 0.206. The van der Waals surface area contributed by atoms with Crippen LogP contribution in [0.1, 0.15) is 16.7 Å². The predicted octanol–water partition coefficient (Wildman–Crippen LogP) is 4.07. The summed E-state index contributed by atoms with van der Waals surface area (Å²) in [7, 11) is 0. The van der Waals surface area contributed by atoms with Crippen molar-refractivity contribution in [3.63, 3.8) is 0 Å². The number of nitrogens with zero attached hydrogens (tertiary/aromatic N) is 1. The summed E-state index contributed by atoms with van der Waals surface area (Å²) in [4.78, 5) is 0. The molecule has 2 nitrogen and oxygen atoms in total. The van der Waals surface area contributed by atoms with Crippen LogP contribution in [0.5, 0.6) is 5.75 Å². The van der Waals surface area contributed by atoms with E-state index in [0.717, 1.165) is 16.7 Å². The average Bonchev–Trinajstić information content (AvgIpc) is 2.52. The van der Waals surface area contributed by atoms with Gasteiger partial charge in [0.05, 0.1) is 11.6 Å². The van der Waals surface area contributed by atoms with Gasteiger partial charge >= 0.3 is 0 Å². The monoisotopic (exact) mass is 273 g/mol. The number of aryl methyl sites for hydroxylation is 1. The molecule has 21 heavy (non-hydrogen) atoms. The Morgan fingerprint density at radius 3 is 2.57 bits per heavy atom. The lowest BCUT2D eigenvalue weighted by Crippen LogP contribution is -1.95. The van der Waals surface area contributed by atoms with Crippen molar-refractivity contribution >= 4 is 11.6 Å². The van der Waals surface area contributed by atoms with Gasteiger partial charge < -0.3 is 4.74 Å². The third-order valence-corrected chi connectivity index (χ3v) is 3.01. The lowest BCUT2D eigenvalue weighted by atomic mass is 10.0. The molecule has 102 valence electrons. The van der Waals surface area contributed by atoms with Crippen LogP contribution in [0.2, 0.25) is 0 Å². The summed E-state index contributed by atoms with van der Waals surface area (Å²) in [5, 5.41) is 9.39. The fourth-order valence-electron chi connectivity index (χ4n) is 1.92. The molecular weight excluding hydrogens is 258 g/mol. The zero-order valence-electron chi connectivity index (χ0n) is 11.8. The van der Waals surface area contributed by atoms with Crippen LogP contribution in [0.15, 0.2) is 48.5 Å². The Labute approximate surface area is 125 Å². The number of nitriles is 1. The lowest BCUT2D eigenvalue weighted by Gasteiger charge is -2.07. The first-order chi connectivity index (χ1) is 10.2. The first kappa shape index (κ1) is 14.4. The Bertz CT molecular complexity index is 727. The standard InChI is InChI=1S/C19H15NO/c1-3-12-21-19-7-5-4-6-17(19)13-18(14-20)16-10-8-15(2)9-11-16/h1,4-11,13H,12H2,2H3/b18-13+. The molecule has 0 atom stereocenters. The number of benzene rings is 2. The van der Waals surface area contributed by atoms with Crippen LogP contribution >= 0.6 is 0 Å². The maximum Gasteiger partial charge on any atom is 0.148 e. The smallest absolute Gasteiger partial charge is 0.148 e. The van der Waals surface area contributed by atoms with Gasteiger partial charge in [0.25, 0.3) is 0 Å². The average molecular weight is 273 g/mol. The molecule has 0 heterocycles. The van der Waals surface area contributed by atoms with Crippen molar-refractivity contribution in [3.8, 4) is 24.2 Å². The first-order valence-corrected chi connectivity index (χ1v) is 6.58. The normalized spacial score (nSPS) is 10.5. The fourth-order valence-corrected chi connectivity index (χ4v) is 1.92. The van der Waals surface area contributed by atoms with Gasteiger partial charge in [0, 0.05) is 5.56 Å². The number of terminal acetylenes is 1. The molecule has 0 aromatic heterocycles. The van der Waals surface area contributed by atoms with E-state index in [1.54, 1.807) is 0 Å². The molecule has 0 aliphatic heterocycles. The molecule has 0 spiro atoms. The zero-order valence-corrected chi connectivity index (χ0v) is 11.8. The van der Waals surface area contributed by atoms with Crippen molar-refractivity contribution < 1.29 is 4.74 Å². The highest BCUT2D eigenvalue weighted by Gasteiger charge is 2.04. The molecule has 0 aliphatic rings. The Morgan fingerprint density at radius 2 is 1.90 bits per heavy atom. The molecule has 0 bridgehead atoms. The molecule has 0 unspecified atom stereocenters. The van der Waals surface area contributed by atoms with Gasteiger partial charge in [0.1, 0.15) is 12.4 Å². The fraction of sp³-hybridized carbons (Fsp3) is 0.105. The van der Waals surface area contributed by atoms with E-state index in [4.69, 9.17) is 11.2 Å². The number of hydrogen-bond donors (Lipinski definition) is 0. The predicted molar refractivity (Wildman–Crippen MR) is 85.4 cm³/mol. The van der Waals surface area contributed by atoms with E-state index in [2.05, 4.69) is 12.0 Å². The lowest BCUT2D eigenvalue weighted by molar-refractivity contribution is 0.369. The van der Waals surface area contributed by atoms with Crippen molar-refractivity contribution in [2.24, 2.45) is 0 Å². The van der Waals surface area contributed by atoms with E-state index in [-0.39, 0.29) is 6.61 Å². The van der Waals surface area contributed by atoms with E-state index in [0.29, 0.717) is 11.3 Å². The highest BCUT2D eigenvalue weighted by molar-refractivity contribution is 5.90. The molecule has 0 aliphatic carbocycles. The van der Waals surface area contributed by atoms with E-state index < -0.39 is 0 Å². The highest BCUT2D eigenvalue weighted by atomic mass is 16.5. The van der Waals surface area contributed by atoms with Crippen molar-refractivity contribution in [2.45, 2.75) is 6.92 Å². The number of para-hydroxylation sites is 1. The SMILES string of the molecule is C#CCOc1ccccc1/C=C(\C#N)c1ccc(C)cc1. The summed E-state index contributed by atoms with van der Waals surface area (Å²) in [6.45, 7) is 2.22. The number of allylic oxidation sites excluding steroid dienone is 1. The van der Waals surface area contributed by atoms with Crippen molar-refractivity contribution in [1.82, 2.24) is 0 Å². The third kappa shape index (κ3) is 3.75. The third-order valence-electron chi connectivity index (χ3n) is 3.01. The summed E-state index contributed by atoms with van der Waals surface area (Å²) in [6.07, 6.45) is 7.03. The van der Waals surface area contributed by atoms with Gasteiger partial charge in [-0.05, 0) is 24.6 Å². The molecule has 2 aromatic rings. The van der Waals surface area contributed by atoms with Gasteiger partial charge in [-0.3, -0.25) is 0 Å². The summed E-state index contributed by atoms with van der Waals surface area (Å²) < 4.78 is 5.50. The van der Waals surface area contributed by atoms with E-state index in [9.17, 15) is 5.26 Å². The molecule has 0 saturated carbocycles. The first-order valence-electron chi connectivity index (χ1n) is 6.58. The second-order valence-electron chi connectivity index (χ2n) is 4.57. The van der Waals surface area contributed by atoms with Crippen LogP contribution in [0.25, 0.3) is 11.6 Å². The molecule has 2 heteroatoms.